The fraction of sp³-hybridized carbons (Fsp3) is 0.375. The van der Waals surface area contributed by atoms with Gasteiger partial charge in [-0.3, -0.25) is 20.2 Å². The summed E-state index contributed by atoms with van der Waals surface area (Å²) in [6, 6.07) is 15.1. The lowest BCUT2D eigenvalue weighted by Gasteiger charge is -2.40. The van der Waals surface area contributed by atoms with Crippen molar-refractivity contribution in [2.45, 2.75) is 71.0 Å². The average Bonchev–Trinajstić information content (AvgIpc) is 3.00. The lowest BCUT2D eigenvalue weighted by molar-refractivity contribution is -0.119. The standard InChI is InChI=1S/C32H40N6O10/c1-19(2)45-31(43)37-38(32(44)46-20(3)4)24-17-21(28(40)34-16-15-26(33)39)18-25(47-29(41)35-22-11-7-5-8-12-22)27(24)48-30(42)36-23-13-9-6-10-14-23/h5-14,17,19-20,24-25,27H,15-16,18H2,1-4H3,(H2,33,39)(H,34,40)(H,35,41)(H,36,42)(H,37,43). The zero-order chi connectivity index (χ0) is 35.2. The molecule has 16 nitrogen and oxygen atoms in total. The molecule has 0 aliphatic heterocycles. The minimum absolute atomic E-state index is 0.0355. The lowest BCUT2D eigenvalue weighted by Crippen LogP contribution is -2.61. The Kier molecular flexibility index (Phi) is 13.6. The van der Waals surface area contributed by atoms with Crippen LogP contribution in [0.2, 0.25) is 0 Å². The number of nitrogens with one attached hydrogen (secondary N) is 4. The van der Waals surface area contributed by atoms with Gasteiger partial charge in [0.2, 0.25) is 11.8 Å². The van der Waals surface area contributed by atoms with E-state index in [9.17, 15) is 28.8 Å². The van der Waals surface area contributed by atoms with Crippen LogP contribution in [0.15, 0.2) is 72.3 Å². The summed E-state index contributed by atoms with van der Waals surface area (Å²) in [6.07, 6.45) is -7.58. The Balaban J connectivity index is 2.07. The van der Waals surface area contributed by atoms with Gasteiger partial charge in [0, 0.05) is 36.3 Å². The maximum absolute atomic E-state index is 13.5. The van der Waals surface area contributed by atoms with Crippen LogP contribution in [0.4, 0.5) is 30.6 Å². The fourth-order valence-corrected chi connectivity index (χ4v) is 4.42. The molecule has 258 valence electrons. The molecule has 0 saturated heterocycles. The maximum Gasteiger partial charge on any atom is 0.429 e. The number of nitrogens with zero attached hydrogens (tertiary/aromatic N) is 1. The molecule has 3 unspecified atom stereocenters. The predicted molar refractivity (Wildman–Crippen MR) is 172 cm³/mol. The van der Waals surface area contributed by atoms with Gasteiger partial charge >= 0.3 is 24.4 Å². The van der Waals surface area contributed by atoms with Crippen molar-refractivity contribution in [3.63, 3.8) is 0 Å². The van der Waals surface area contributed by atoms with Gasteiger partial charge in [-0.1, -0.05) is 36.4 Å². The first kappa shape index (κ1) is 36.7. The first-order valence-electron chi connectivity index (χ1n) is 15.1. The van der Waals surface area contributed by atoms with Crippen LogP contribution in [0, 0.1) is 0 Å². The monoisotopic (exact) mass is 668 g/mol. The Morgan fingerprint density at radius 1 is 0.792 bits per heavy atom. The number of carbonyl (C=O) groups is 6. The minimum atomic E-state index is -1.53. The van der Waals surface area contributed by atoms with Crippen molar-refractivity contribution in [2.75, 3.05) is 17.2 Å². The van der Waals surface area contributed by atoms with Gasteiger partial charge in [0.05, 0.1) is 12.2 Å². The summed E-state index contributed by atoms with van der Waals surface area (Å²) in [5, 5.41) is 8.34. The van der Waals surface area contributed by atoms with Crippen LogP contribution >= 0.6 is 0 Å². The number of rotatable bonds is 11. The lowest BCUT2D eigenvalue weighted by atomic mass is 9.89. The fourth-order valence-electron chi connectivity index (χ4n) is 4.42. The van der Waals surface area contributed by atoms with Crippen molar-refractivity contribution in [3.05, 3.63) is 72.3 Å². The molecule has 3 rings (SSSR count). The molecule has 0 bridgehead atoms. The number of amides is 6. The van der Waals surface area contributed by atoms with Gasteiger partial charge < -0.3 is 30.0 Å². The number of benzene rings is 2. The largest absolute Gasteiger partial charge is 0.446 e. The molecule has 0 radical (unpaired) electrons. The number of hydrogen-bond acceptors (Lipinski definition) is 10. The summed E-state index contributed by atoms with van der Waals surface area (Å²) in [6.45, 7) is 6.19. The van der Waals surface area contributed by atoms with Crippen LogP contribution in [0.1, 0.15) is 40.5 Å². The van der Waals surface area contributed by atoms with E-state index in [1.807, 2.05) is 0 Å². The highest BCUT2D eigenvalue weighted by atomic mass is 16.6. The van der Waals surface area contributed by atoms with E-state index in [4.69, 9.17) is 24.7 Å². The number of carbonyl (C=O) groups excluding carboxylic acids is 6. The predicted octanol–water partition coefficient (Wildman–Crippen LogP) is 3.81. The zero-order valence-corrected chi connectivity index (χ0v) is 27.0. The number of primary amides is 1. The molecule has 2 aromatic carbocycles. The van der Waals surface area contributed by atoms with Crippen molar-refractivity contribution >= 4 is 47.6 Å². The van der Waals surface area contributed by atoms with Crippen LogP contribution in [0.3, 0.4) is 0 Å². The molecule has 1 aliphatic rings. The van der Waals surface area contributed by atoms with Gasteiger partial charge in [0.1, 0.15) is 12.1 Å². The van der Waals surface area contributed by atoms with Gasteiger partial charge in [0.25, 0.3) is 0 Å². The Morgan fingerprint density at radius 2 is 1.33 bits per heavy atom. The Morgan fingerprint density at radius 3 is 1.85 bits per heavy atom. The molecule has 0 heterocycles. The van der Waals surface area contributed by atoms with E-state index < -0.39 is 66.6 Å². The Bertz CT molecular complexity index is 1470. The van der Waals surface area contributed by atoms with Crippen molar-refractivity contribution in [3.8, 4) is 0 Å². The van der Waals surface area contributed by atoms with Crippen LogP contribution in [-0.4, -0.2) is 78.2 Å². The number of hydrazine groups is 1. The molecule has 6 amide bonds. The van der Waals surface area contributed by atoms with E-state index in [-0.39, 0.29) is 25.0 Å². The van der Waals surface area contributed by atoms with Crippen molar-refractivity contribution in [1.82, 2.24) is 15.8 Å². The first-order valence-corrected chi connectivity index (χ1v) is 15.1. The summed E-state index contributed by atoms with van der Waals surface area (Å²) < 4.78 is 22.0. The van der Waals surface area contributed by atoms with E-state index in [0.29, 0.717) is 16.4 Å². The number of hydrogen-bond donors (Lipinski definition) is 5. The third-order valence-corrected chi connectivity index (χ3v) is 6.37. The average molecular weight is 669 g/mol. The molecule has 1 aliphatic carbocycles. The zero-order valence-electron chi connectivity index (χ0n) is 27.0. The second kappa shape index (κ2) is 17.8. The molecule has 0 saturated carbocycles. The van der Waals surface area contributed by atoms with Crippen LogP contribution in [-0.2, 0) is 28.5 Å². The van der Waals surface area contributed by atoms with Gasteiger partial charge in [-0.05, 0) is 58.0 Å². The first-order chi connectivity index (χ1) is 22.8. The smallest absolute Gasteiger partial charge is 0.429 e. The second-order valence-corrected chi connectivity index (χ2v) is 11.0. The van der Waals surface area contributed by atoms with E-state index in [1.54, 1.807) is 88.4 Å². The molecule has 48 heavy (non-hydrogen) atoms. The molecule has 3 atom stereocenters. The summed E-state index contributed by atoms with van der Waals surface area (Å²) >= 11 is 0. The summed E-state index contributed by atoms with van der Waals surface area (Å²) in [4.78, 5) is 77.2. The Hall–Kier alpha value is -5.80. The van der Waals surface area contributed by atoms with Crippen molar-refractivity contribution in [2.24, 2.45) is 5.73 Å². The quantitative estimate of drug-likeness (QED) is 0.172. The Labute approximate surface area is 277 Å². The van der Waals surface area contributed by atoms with Gasteiger partial charge in [-0.2, -0.15) is 0 Å². The number of anilines is 2. The van der Waals surface area contributed by atoms with Crippen molar-refractivity contribution in [1.29, 1.82) is 0 Å². The van der Waals surface area contributed by atoms with Crippen LogP contribution in [0.5, 0.6) is 0 Å². The molecule has 0 aromatic heterocycles. The van der Waals surface area contributed by atoms with E-state index >= 15 is 0 Å². The molecular weight excluding hydrogens is 628 g/mol. The van der Waals surface area contributed by atoms with Gasteiger partial charge in [-0.25, -0.2) is 29.6 Å². The third kappa shape index (κ3) is 11.9. The molecule has 6 N–H and O–H groups in total. The SMILES string of the molecule is CC(C)OC(=O)NN(C(=O)OC(C)C)C1C=C(C(=O)NCCC(N)=O)CC(OC(=O)Nc2ccccc2)C1OC(=O)Nc1ccccc1. The summed E-state index contributed by atoms with van der Waals surface area (Å²) in [7, 11) is 0. The highest BCUT2D eigenvalue weighted by Crippen LogP contribution is 2.29. The second-order valence-electron chi connectivity index (χ2n) is 11.0. The molecule has 0 spiro atoms. The van der Waals surface area contributed by atoms with E-state index in [2.05, 4.69) is 21.4 Å². The molecule has 0 fully saturated rings. The van der Waals surface area contributed by atoms with Gasteiger partial charge in [0.15, 0.2) is 6.10 Å². The number of nitrogens with two attached hydrogens (primary N) is 1. The van der Waals surface area contributed by atoms with Crippen LogP contribution < -0.4 is 27.1 Å². The third-order valence-electron chi connectivity index (χ3n) is 6.37. The molecular formula is C32H40N6O10. The van der Waals surface area contributed by atoms with E-state index in [0.717, 1.165) is 0 Å². The van der Waals surface area contributed by atoms with Gasteiger partial charge in [-0.15, -0.1) is 0 Å². The highest BCUT2D eigenvalue weighted by Gasteiger charge is 2.46. The minimum Gasteiger partial charge on any atom is -0.446 e. The number of ether oxygens (including phenoxy) is 4. The number of para-hydroxylation sites is 2. The van der Waals surface area contributed by atoms with Crippen LogP contribution in [0.25, 0.3) is 0 Å². The van der Waals surface area contributed by atoms with E-state index in [1.165, 1.54) is 6.08 Å². The van der Waals surface area contributed by atoms with Crippen molar-refractivity contribution < 1.29 is 47.7 Å². The summed E-state index contributed by atoms with van der Waals surface area (Å²) in [5.41, 5.74) is 8.22. The molecule has 16 heteroatoms. The highest BCUT2D eigenvalue weighted by molar-refractivity contribution is 5.94. The normalized spacial score (nSPS) is 16.9. The molecule has 2 aromatic rings. The summed E-state index contributed by atoms with van der Waals surface area (Å²) in [5.74, 6) is -1.36. The maximum atomic E-state index is 13.5. The topological polar surface area (TPSA) is 217 Å².